The lowest BCUT2D eigenvalue weighted by Gasteiger charge is -2.24. The third kappa shape index (κ3) is 2.53. The predicted molar refractivity (Wildman–Crippen MR) is 62.9 cm³/mol. The quantitative estimate of drug-likeness (QED) is 0.758. The zero-order valence-corrected chi connectivity index (χ0v) is 10.1. The van der Waals surface area contributed by atoms with Gasteiger partial charge < -0.3 is 0 Å². The number of rotatable bonds is 3. The first kappa shape index (κ1) is 11.8. The van der Waals surface area contributed by atoms with Crippen molar-refractivity contribution >= 4 is 11.6 Å². The fraction of sp³-hybridized carbons (Fsp3) is 0.583. The van der Waals surface area contributed by atoms with E-state index in [9.17, 15) is 4.39 Å². The summed E-state index contributed by atoms with van der Waals surface area (Å²) in [5.41, 5.74) is 0.921. The number of pyridine rings is 1. The van der Waals surface area contributed by atoms with E-state index < -0.39 is 0 Å². The molecule has 1 aromatic heterocycles. The minimum atomic E-state index is -0.271. The molecule has 0 aromatic carbocycles. The average molecular weight is 243 g/mol. The number of hydrogen-bond donors (Lipinski definition) is 0. The second-order valence-electron chi connectivity index (χ2n) is 4.47. The van der Waals surface area contributed by atoms with Crippen LogP contribution in [-0.2, 0) is 6.54 Å². The van der Waals surface area contributed by atoms with Crippen molar-refractivity contribution in [2.45, 2.75) is 25.9 Å². The summed E-state index contributed by atoms with van der Waals surface area (Å²) in [6.45, 7) is 4.00. The maximum atomic E-state index is 13.0. The Hall–Kier alpha value is -0.670. The number of nitrogens with zero attached hydrogens (tertiary/aromatic N) is 2. The van der Waals surface area contributed by atoms with E-state index in [0.717, 1.165) is 18.7 Å². The van der Waals surface area contributed by atoms with Crippen LogP contribution < -0.4 is 0 Å². The molecule has 2 nitrogen and oxygen atoms in total. The van der Waals surface area contributed by atoms with Gasteiger partial charge >= 0.3 is 0 Å². The van der Waals surface area contributed by atoms with Gasteiger partial charge in [-0.25, -0.2) is 4.39 Å². The van der Waals surface area contributed by atoms with Gasteiger partial charge in [0.15, 0.2) is 0 Å². The summed E-state index contributed by atoms with van der Waals surface area (Å²) in [5.74, 6) is 0.996. The summed E-state index contributed by atoms with van der Waals surface area (Å²) < 4.78 is 13.0. The smallest absolute Gasteiger partial charge is 0.141 e. The van der Waals surface area contributed by atoms with Gasteiger partial charge in [-0.1, -0.05) is 6.92 Å². The van der Waals surface area contributed by atoms with E-state index in [2.05, 4.69) is 16.8 Å². The van der Waals surface area contributed by atoms with E-state index in [0.29, 0.717) is 17.8 Å². The first-order chi connectivity index (χ1) is 7.70. The molecule has 2 rings (SSSR count). The van der Waals surface area contributed by atoms with Gasteiger partial charge in [0.05, 0.1) is 6.20 Å². The second-order valence-corrected chi connectivity index (χ2v) is 4.78. The highest BCUT2D eigenvalue weighted by Crippen LogP contribution is 2.26. The molecule has 1 aliphatic heterocycles. The van der Waals surface area contributed by atoms with Crippen molar-refractivity contribution < 1.29 is 4.39 Å². The van der Waals surface area contributed by atoms with Crippen LogP contribution >= 0.6 is 11.6 Å². The predicted octanol–water partition coefficient (Wildman–Crippen LogP) is 2.67. The topological polar surface area (TPSA) is 16.1 Å². The Morgan fingerprint density at radius 2 is 2.38 bits per heavy atom. The summed E-state index contributed by atoms with van der Waals surface area (Å²) in [5, 5.41) is 0. The molecule has 4 heteroatoms. The highest BCUT2D eigenvalue weighted by atomic mass is 35.5. The lowest BCUT2D eigenvalue weighted by atomic mass is 10.0. The number of aromatic nitrogens is 1. The van der Waals surface area contributed by atoms with Crippen LogP contribution in [-0.4, -0.2) is 28.4 Å². The zero-order valence-electron chi connectivity index (χ0n) is 9.37. The molecule has 0 amide bonds. The lowest BCUT2D eigenvalue weighted by molar-refractivity contribution is 0.241. The molecule has 0 saturated carbocycles. The van der Waals surface area contributed by atoms with Gasteiger partial charge in [0, 0.05) is 24.7 Å². The minimum absolute atomic E-state index is 0.271. The van der Waals surface area contributed by atoms with Crippen LogP contribution in [0.2, 0.25) is 0 Å². The first-order valence-corrected chi connectivity index (χ1v) is 6.13. The summed E-state index contributed by atoms with van der Waals surface area (Å²) in [6, 6.07) is 1.95. The molecule has 0 aliphatic carbocycles. The number of halogens is 2. The summed E-state index contributed by atoms with van der Waals surface area (Å²) >= 11 is 5.96. The van der Waals surface area contributed by atoms with Crippen molar-refractivity contribution in [3.05, 3.63) is 29.8 Å². The van der Waals surface area contributed by atoms with Gasteiger partial charge in [-0.05, 0) is 30.5 Å². The van der Waals surface area contributed by atoms with Crippen LogP contribution in [0.4, 0.5) is 4.39 Å². The summed E-state index contributed by atoms with van der Waals surface area (Å²) in [4.78, 5) is 6.18. The van der Waals surface area contributed by atoms with Crippen molar-refractivity contribution in [3.8, 4) is 0 Å². The van der Waals surface area contributed by atoms with E-state index in [1.54, 1.807) is 12.3 Å². The van der Waals surface area contributed by atoms with Crippen LogP contribution in [0.25, 0.3) is 0 Å². The Kier molecular flexibility index (Phi) is 3.77. The monoisotopic (exact) mass is 242 g/mol. The standard InChI is InChI=1S/C12H16ClFN2/c1-9-2-3-16(12(9)5-13)8-10-4-11(14)7-15-6-10/h4,6-7,9,12H,2-3,5,8H2,1H3. The Labute approximate surface area is 100 Å². The fourth-order valence-electron chi connectivity index (χ4n) is 2.31. The van der Waals surface area contributed by atoms with Crippen LogP contribution in [0, 0.1) is 11.7 Å². The number of alkyl halides is 1. The zero-order chi connectivity index (χ0) is 11.5. The van der Waals surface area contributed by atoms with Crippen molar-refractivity contribution in [1.82, 2.24) is 9.88 Å². The Bertz CT molecular complexity index is 359. The molecule has 2 heterocycles. The molecular weight excluding hydrogens is 227 g/mol. The maximum Gasteiger partial charge on any atom is 0.141 e. The lowest BCUT2D eigenvalue weighted by Crippen LogP contribution is -2.33. The van der Waals surface area contributed by atoms with Gasteiger partial charge in [0.1, 0.15) is 5.82 Å². The van der Waals surface area contributed by atoms with E-state index >= 15 is 0 Å². The Morgan fingerprint density at radius 1 is 1.56 bits per heavy atom. The molecule has 1 saturated heterocycles. The molecule has 88 valence electrons. The van der Waals surface area contributed by atoms with E-state index in [1.165, 1.54) is 12.6 Å². The Balaban J connectivity index is 2.04. The average Bonchev–Trinajstić information content (AvgIpc) is 2.59. The van der Waals surface area contributed by atoms with Gasteiger partial charge in [-0.3, -0.25) is 9.88 Å². The van der Waals surface area contributed by atoms with Crippen LogP contribution in [0.1, 0.15) is 18.9 Å². The Morgan fingerprint density at radius 3 is 3.06 bits per heavy atom. The molecule has 0 bridgehead atoms. The molecule has 0 spiro atoms. The van der Waals surface area contributed by atoms with Crippen LogP contribution in [0.3, 0.4) is 0 Å². The highest BCUT2D eigenvalue weighted by Gasteiger charge is 2.30. The molecular formula is C12H16ClFN2. The molecule has 1 aliphatic rings. The third-order valence-corrected chi connectivity index (χ3v) is 3.62. The summed E-state index contributed by atoms with van der Waals surface area (Å²) in [7, 11) is 0. The third-order valence-electron chi connectivity index (χ3n) is 3.30. The molecule has 2 atom stereocenters. The van der Waals surface area contributed by atoms with E-state index in [-0.39, 0.29) is 5.82 Å². The van der Waals surface area contributed by atoms with Crippen molar-refractivity contribution in [1.29, 1.82) is 0 Å². The maximum absolute atomic E-state index is 13.0. The van der Waals surface area contributed by atoms with Crippen LogP contribution in [0.5, 0.6) is 0 Å². The fourth-order valence-corrected chi connectivity index (χ4v) is 2.81. The molecule has 0 N–H and O–H groups in total. The molecule has 2 unspecified atom stereocenters. The van der Waals surface area contributed by atoms with E-state index in [1.807, 2.05) is 0 Å². The van der Waals surface area contributed by atoms with E-state index in [4.69, 9.17) is 11.6 Å². The van der Waals surface area contributed by atoms with Gasteiger partial charge in [-0.2, -0.15) is 0 Å². The van der Waals surface area contributed by atoms with Gasteiger partial charge in [0.25, 0.3) is 0 Å². The number of hydrogen-bond acceptors (Lipinski definition) is 2. The second kappa shape index (κ2) is 5.11. The minimum Gasteiger partial charge on any atom is -0.295 e. The van der Waals surface area contributed by atoms with Crippen LogP contribution in [0.15, 0.2) is 18.5 Å². The van der Waals surface area contributed by atoms with Gasteiger partial charge in [-0.15, -0.1) is 11.6 Å². The largest absolute Gasteiger partial charge is 0.295 e. The molecule has 16 heavy (non-hydrogen) atoms. The van der Waals surface area contributed by atoms with Crippen molar-refractivity contribution in [3.63, 3.8) is 0 Å². The first-order valence-electron chi connectivity index (χ1n) is 5.60. The summed E-state index contributed by atoms with van der Waals surface area (Å²) in [6.07, 6.45) is 4.12. The SMILES string of the molecule is CC1CCN(Cc2cncc(F)c2)C1CCl. The molecule has 0 radical (unpaired) electrons. The number of likely N-dealkylation sites (tertiary alicyclic amines) is 1. The van der Waals surface area contributed by atoms with Gasteiger partial charge in [0.2, 0.25) is 0 Å². The highest BCUT2D eigenvalue weighted by molar-refractivity contribution is 6.18. The molecule has 1 aromatic rings. The van der Waals surface area contributed by atoms with Crippen molar-refractivity contribution in [2.75, 3.05) is 12.4 Å². The normalized spacial score (nSPS) is 26.2. The van der Waals surface area contributed by atoms with Crippen molar-refractivity contribution in [2.24, 2.45) is 5.92 Å². The molecule has 1 fully saturated rings.